The highest BCUT2D eigenvalue weighted by Gasteiger charge is 2.52. The number of halogens is 1. The summed E-state index contributed by atoms with van der Waals surface area (Å²) in [7, 11) is 1.62. The van der Waals surface area contributed by atoms with Crippen molar-refractivity contribution in [3.8, 4) is 0 Å². The largest absolute Gasteiger partial charge is 0.598 e. The molecule has 0 aliphatic carbocycles. The van der Waals surface area contributed by atoms with Crippen LogP contribution < -0.4 is 15.2 Å². The Labute approximate surface area is 265 Å². The van der Waals surface area contributed by atoms with Crippen LogP contribution in [0.2, 0.25) is 5.02 Å². The summed E-state index contributed by atoms with van der Waals surface area (Å²) < 4.78 is 29.0. The Hall–Kier alpha value is -1.93. The lowest BCUT2D eigenvalue weighted by molar-refractivity contribution is 0.0973. The standard InChI is InChI=1S/C30H41ClN6O4S2/c1-18(40-7)16-37-20(3)34-21-8-9-22(26(31)25(21)28(37)38)42-24-15-32-23(14-33-24)36-12-10-30(11-13-36)17-41-19(2)27(30)35-43(39)29(4,5)6/h8-9,14-15,18-19,27,35H,10-13,16-17H2,1-7H3/t18?,19-,27+,43?/m0/s1. The SMILES string of the molecule is COC(C)Cn1c(C)nc2ccc(Sc3cnc(N4CCC5(CC4)CO[C@@H](C)[C@H]5N[S+]([O-])C(C)(C)C)cn3)c(Cl)c2c1=O. The maximum Gasteiger partial charge on any atom is 0.263 e. The van der Waals surface area contributed by atoms with Crippen LogP contribution in [0.5, 0.6) is 0 Å². The highest BCUT2D eigenvalue weighted by Crippen LogP contribution is 2.44. The fraction of sp³-hybridized carbons (Fsp3) is 0.600. The molecule has 3 aromatic rings. The van der Waals surface area contributed by atoms with E-state index in [1.165, 1.54) is 11.8 Å². The molecule has 234 valence electrons. The zero-order valence-electron chi connectivity index (χ0n) is 25.8. The number of aryl methyl sites for hydroxylation is 1. The van der Waals surface area contributed by atoms with Gasteiger partial charge in [0.1, 0.15) is 21.4 Å². The molecule has 0 saturated carbocycles. The Morgan fingerprint density at radius 2 is 2.00 bits per heavy atom. The minimum Gasteiger partial charge on any atom is -0.598 e. The number of benzene rings is 1. The van der Waals surface area contributed by atoms with Crippen LogP contribution >= 0.6 is 23.4 Å². The fourth-order valence-corrected chi connectivity index (χ4v) is 7.90. The second-order valence-corrected chi connectivity index (χ2v) is 16.0. The number of nitrogens with zero attached hydrogens (tertiary/aromatic N) is 5. The van der Waals surface area contributed by atoms with E-state index in [-0.39, 0.29) is 34.0 Å². The predicted octanol–water partition coefficient (Wildman–Crippen LogP) is 4.76. The maximum atomic E-state index is 13.4. The average molecular weight is 649 g/mol. The van der Waals surface area contributed by atoms with Crippen molar-refractivity contribution in [3.05, 3.63) is 45.7 Å². The molecule has 13 heteroatoms. The van der Waals surface area contributed by atoms with Crippen LogP contribution in [0.1, 0.15) is 53.3 Å². The van der Waals surface area contributed by atoms with Gasteiger partial charge in [-0.2, -0.15) is 0 Å². The molecule has 2 fully saturated rings. The van der Waals surface area contributed by atoms with Crippen LogP contribution in [0.25, 0.3) is 10.9 Å². The molecule has 2 aliphatic rings. The number of ether oxygens (including phenoxy) is 2. The topological polar surface area (TPSA) is 117 Å². The Balaban J connectivity index is 1.28. The van der Waals surface area contributed by atoms with Gasteiger partial charge in [-0.05, 0) is 66.5 Å². The lowest BCUT2D eigenvalue weighted by Gasteiger charge is -2.43. The van der Waals surface area contributed by atoms with E-state index in [2.05, 4.69) is 26.5 Å². The molecule has 43 heavy (non-hydrogen) atoms. The van der Waals surface area contributed by atoms with E-state index in [1.807, 2.05) is 46.8 Å². The number of piperidine rings is 1. The number of anilines is 1. The number of methoxy groups -OCH3 is 1. The Morgan fingerprint density at radius 1 is 1.28 bits per heavy atom. The minimum atomic E-state index is -1.16. The van der Waals surface area contributed by atoms with Crippen LogP contribution in [0.4, 0.5) is 5.82 Å². The third-order valence-corrected chi connectivity index (χ3v) is 11.6. The smallest absolute Gasteiger partial charge is 0.263 e. The molecule has 5 rings (SSSR count). The molecule has 1 aromatic carbocycles. The van der Waals surface area contributed by atoms with Gasteiger partial charge in [-0.3, -0.25) is 9.36 Å². The first kappa shape index (κ1) is 32.5. The molecule has 2 aromatic heterocycles. The summed E-state index contributed by atoms with van der Waals surface area (Å²) >= 11 is 6.99. The monoisotopic (exact) mass is 648 g/mol. The summed E-state index contributed by atoms with van der Waals surface area (Å²) in [6.45, 7) is 14.4. The van der Waals surface area contributed by atoms with Crippen molar-refractivity contribution in [2.24, 2.45) is 5.41 Å². The van der Waals surface area contributed by atoms with Gasteiger partial charge in [0.25, 0.3) is 5.56 Å². The van der Waals surface area contributed by atoms with Crippen LogP contribution in [0, 0.1) is 12.3 Å². The van der Waals surface area contributed by atoms with Gasteiger partial charge in [0.15, 0.2) is 0 Å². The van der Waals surface area contributed by atoms with Crippen molar-refractivity contribution in [2.45, 2.75) is 93.8 Å². The second-order valence-electron chi connectivity index (χ2n) is 12.5. The quantitative estimate of drug-likeness (QED) is 0.343. The number of fused-ring (bicyclic) bond motifs is 1. The molecule has 2 aliphatic heterocycles. The highest BCUT2D eigenvalue weighted by atomic mass is 35.5. The van der Waals surface area contributed by atoms with Gasteiger partial charge >= 0.3 is 0 Å². The second kappa shape index (κ2) is 12.8. The molecule has 0 bridgehead atoms. The van der Waals surface area contributed by atoms with E-state index >= 15 is 0 Å². The van der Waals surface area contributed by atoms with Crippen molar-refractivity contribution in [1.29, 1.82) is 0 Å². The number of rotatable bonds is 8. The van der Waals surface area contributed by atoms with Gasteiger partial charge in [0, 0.05) is 41.9 Å². The Bertz CT molecular complexity index is 1510. The summed E-state index contributed by atoms with van der Waals surface area (Å²) in [5, 5.41) is 1.42. The lowest BCUT2D eigenvalue weighted by atomic mass is 9.73. The van der Waals surface area contributed by atoms with E-state index in [0.29, 0.717) is 44.8 Å². The number of hydrogen-bond acceptors (Lipinski definition) is 10. The van der Waals surface area contributed by atoms with Crippen molar-refractivity contribution in [1.82, 2.24) is 24.2 Å². The van der Waals surface area contributed by atoms with Gasteiger partial charge < -0.3 is 18.9 Å². The van der Waals surface area contributed by atoms with Gasteiger partial charge in [0.05, 0.1) is 59.7 Å². The molecule has 4 atom stereocenters. The molecular formula is C30H41ClN6O4S2. The van der Waals surface area contributed by atoms with E-state index in [0.717, 1.165) is 31.7 Å². The maximum absolute atomic E-state index is 13.4. The molecular weight excluding hydrogens is 608 g/mol. The number of hydrogen-bond donors (Lipinski definition) is 1. The molecule has 2 unspecified atom stereocenters. The van der Waals surface area contributed by atoms with E-state index < -0.39 is 11.4 Å². The van der Waals surface area contributed by atoms with Gasteiger partial charge in [0.2, 0.25) is 0 Å². The molecule has 1 spiro atoms. The first-order valence-corrected chi connectivity index (χ1v) is 16.9. The van der Waals surface area contributed by atoms with E-state index in [9.17, 15) is 9.35 Å². The van der Waals surface area contributed by atoms with Crippen LogP contribution in [-0.4, -0.2) is 73.9 Å². The first-order chi connectivity index (χ1) is 20.3. The Kier molecular flexibility index (Phi) is 9.68. The average Bonchev–Trinajstić information content (AvgIpc) is 3.26. The lowest BCUT2D eigenvalue weighted by Crippen LogP contribution is -2.56. The summed E-state index contributed by atoms with van der Waals surface area (Å²) in [5.41, 5.74) is 0.319. The molecule has 10 nitrogen and oxygen atoms in total. The minimum absolute atomic E-state index is 0.00693. The fourth-order valence-electron chi connectivity index (χ4n) is 5.75. The zero-order chi connectivity index (χ0) is 31.1. The van der Waals surface area contributed by atoms with Crippen molar-refractivity contribution >= 4 is 51.4 Å². The first-order valence-electron chi connectivity index (χ1n) is 14.6. The van der Waals surface area contributed by atoms with Crippen molar-refractivity contribution in [3.63, 3.8) is 0 Å². The normalized spacial score (nSPS) is 21.9. The van der Waals surface area contributed by atoms with Gasteiger partial charge in [-0.15, -0.1) is 4.72 Å². The molecule has 4 heterocycles. The molecule has 0 amide bonds. The number of aromatic nitrogens is 4. The van der Waals surface area contributed by atoms with Crippen molar-refractivity contribution in [2.75, 3.05) is 31.7 Å². The van der Waals surface area contributed by atoms with Crippen LogP contribution in [0.3, 0.4) is 0 Å². The van der Waals surface area contributed by atoms with Gasteiger partial charge in [-0.1, -0.05) is 23.4 Å². The third-order valence-electron chi connectivity index (χ3n) is 8.52. The highest BCUT2D eigenvalue weighted by molar-refractivity contribution is 7.99. The van der Waals surface area contributed by atoms with Crippen LogP contribution in [0.15, 0.2) is 39.2 Å². The van der Waals surface area contributed by atoms with E-state index in [1.54, 1.807) is 24.1 Å². The molecule has 1 N–H and O–H groups in total. The summed E-state index contributed by atoms with van der Waals surface area (Å²) in [6.07, 6.45) is 5.22. The van der Waals surface area contributed by atoms with Crippen LogP contribution in [-0.2, 0) is 27.4 Å². The van der Waals surface area contributed by atoms with Crippen molar-refractivity contribution < 1.29 is 14.0 Å². The van der Waals surface area contributed by atoms with Gasteiger partial charge in [-0.25, -0.2) is 15.0 Å². The third kappa shape index (κ3) is 6.70. The summed E-state index contributed by atoms with van der Waals surface area (Å²) in [5.74, 6) is 1.43. The zero-order valence-corrected chi connectivity index (χ0v) is 28.2. The number of nitrogens with one attached hydrogen (secondary N) is 1. The molecule has 2 saturated heterocycles. The molecule has 0 radical (unpaired) electrons. The summed E-state index contributed by atoms with van der Waals surface area (Å²) in [6, 6.07) is 3.73. The predicted molar refractivity (Wildman–Crippen MR) is 172 cm³/mol. The summed E-state index contributed by atoms with van der Waals surface area (Å²) in [4.78, 5) is 30.3. The van der Waals surface area contributed by atoms with E-state index in [4.69, 9.17) is 26.1 Å². The Morgan fingerprint density at radius 3 is 2.63 bits per heavy atom.